The number of methoxy groups -OCH3 is 2. The lowest BCUT2D eigenvalue weighted by Gasteiger charge is -2.13. The van der Waals surface area contributed by atoms with Crippen LogP contribution in [-0.2, 0) is 0 Å². The maximum Gasteiger partial charge on any atom is 0.332 e. The minimum absolute atomic E-state index is 0.327. The van der Waals surface area contributed by atoms with Crippen LogP contribution in [0.4, 0.5) is 10.5 Å². The number of anilines is 1. The largest absolute Gasteiger partial charge is 0.493 e. The number of benzene rings is 1. The molecule has 2 amide bonds. The van der Waals surface area contributed by atoms with Crippen molar-refractivity contribution in [3.63, 3.8) is 0 Å². The summed E-state index contributed by atoms with van der Waals surface area (Å²) in [4.78, 5) is 11.7. The fraction of sp³-hybridized carbons (Fsp3) is 0.200. The molecule has 0 heterocycles. The van der Waals surface area contributed by atoms with Crippen molar-refractivity contribution in [2.75, 3.05) is 19.1 Å². The third kappa shape index (κ3) is 2.15. The highest BCUT2D eigenvalue weighted by molar-refractivity contribution is 5.93. The van der Waals surface area contributed by atoms with Crippen molar-refractivity contribution in [1.29, 1.82) is 5.26 Å². The molecule has 0 bridgehead atoms. The molecule has 6 nitrogen and oxygen atoms in total. The van der Waals surface area contributed by atoms with Crippen LogP contribution in [0.15, 0.2) is 18.2 Å². The molecule has 0 aliphatic rings. The normalized spacial score (nSPS) is 9.06. The standard InChI is InChI=1S/C10H11N3O3/c1-15-8-4-3-7(5-9(8)16-2)13(6-11)10(12)14/h3-5H,1-2H3,(H2,12,14). The topological polar surface area (TPSA) is 88.6 Å². The van der Waals surface area contributed by atoms with Gasteiger partial charge in [0.15, 0.2) is 17.7 Å². The van der Waals surface area contributed by atoms with Crippen molar-refractivity contribution in [2.45, 2.75) is 0 Å². The number of nitrogens with two attached hydrogens (primary N) is 1. The predicted octanol–water partition coefficient (Wildman–Crippen LogP) is 1.07. The SMILES string of the molecule is COc1ccc(N(C#N)C(N)=O)cc1OC. The van der Waals surface area contributed by atoms with Crippen LogP contribution < -0.4 is 20.1 Å². The highest BCUT2D eigenvalue weighted by atomic mass is 16.5. The van der Waals surface area contributed by atoms with Crippen LogP contribution in [0.2, 0.25) is 0 Å². The zero-order valence-corrected chi connectivity index (χ0v) is 8.93. The van der Waals surface area contributed by atoms with Crippen LogP contribution in [0, 0.1) is 11.5 Å². The lowest BCUT2D eigenvalue weighted by atomic mass is 10.2. The smallest absolute Gasteiger partial charge is 0.332 e. The average Bonchev–Trinajstić information content (AvgIpc) is 2.29. The molecule has 0 radical (unpaired) electrons. The van der Waals surface area contributed by atoms with Gasteiger partial charge in [-0.05, 0) is 12.1 Å². The highest BCUT2D eigenvalue weighted by Crippen LogP contribution is 2.31. The van der Waals surface area contributed by atoms with Crippen LogP contribution in [0.5, 0.6) is 11.5 Å². The Labute approximate surface area is 92.8 Å². The summed E-state index contributed by atoms with van der Waals surface area (Å²) in [5.74, 6) is 0.926. The fourth-order valence-electron chi connectivity index (χ4n) is 1.20. The summed E-state index contributed by atoms with van der Waals surface area (Å²) in [7, 11) is 2.95. The maximum absolute atomic E-state index is 10.9. The fourth-order valence-corrected chi connectivity index (χ4v) is 1.20. The van der Waals surface area contributed by atoms with E-state index in [1.165, 1.54) is 26.4 Å². The molecular weight excluding hydrogens is 210 g/mol. The third-order valence-corrected chi connectivity index (χ3v) is 1.95. The Morgan fingerprint density at radius 2 is 2.00 bits per heavy atom. The van der Waals surface area contributed by atoms with Gasteiger partial charge in [0.2, 0.25) is 0 Å². The number of amides is 2. The second-order valence-corrected chi connectivity index (χ2v) is 2.81. The summed E-state index contributed by atoms with van der Waals surface area (Å²) in [6.45, 7) is 0. The molecule has 0 fully saturated rings. The molecule has 84 valence electrons. The van der Waals surface area contributed by atoms with Gasteiger partial charge in [-0.2, -0.15) is 10.2 Å². The van der Waals surface area contributed by atoms with E-state index >= 15 is 0 Å². The zero-order valence-electron chi connectivity index (χ0n) is 8.93. The third-order valence-electron chi connectivity index (χ3n) is 1.95. The predicted molar refractivity (Wildman–Crippen MR) is 57.2 cm³/mol. The number of urea groups is 1. The Morgan fingerprint density at radius 3 is 2.44 bits per heavy atom. The van der Waals surface area contributed by atoms with Crippen molar-refractivity contribution in [3.05, 3.63) is 18.2 Å². The minimum atomic E-state index is -0.852. The molecule has 0 atom stereocenters. The van der Waals surface area contributed by atoms with Gasteiger partial charge in [-0.3, -0.25) is 0 Å². The van der Waals surface area contributed by atoms with Crippen LogP contribution in [-0.4, -0.2) is 20.3 Å². The lowest BCUT2D eigenvalue weighted by molar-refractivity contribution is 0.256. The van der Waals surface area contributed by atoms with Gasteiger partial charge in [0, 0.05) is 6.07 Å². The number of ether oxygens (including phenoxy) is 2. The zero-order chi connectivity index (χ0) is 12.1. The summed E-state index contributed by atoms with van der Waals surface area (Å²) >= 11 is 0. The molecule has 0 aromatic heterocycles. The first-order valence-corrected chi connectivity index (χ1v) is 4.35. The number of hydrogen-bond acceptors (Lipinski definition) is 4. The van der Waals surface area contributed by atoms with E-state index < -0.39 is 6.03 Å². The molecule has 0 saturated carbocycles. The Morgan fingerprint density at radius 1 is 1.38 bits per heavy atom. The molecule has 6 heteroatoms. The van der Waals surface area contributed by atoms with Gasteiger partial charge >= 0.3 is 6.03 Å². The van der Waals surface area contributed by atoms with Crippen molar-refractivity contribution >= 4 is 11.7 Å². The number of nitrogens with zero attached hydrogens (tertiary/aromatic N) is 2. The van der Waals surface area contributed by atoms with Crippen molar-refractivity contribution in [3.8, 4) is 17.7 Å². The van der Waals surface area contributed by atoms with Gasteiger partial charge in [-0.25, -0.2) is 4.79 Å². The Bertz CT molecular complexity index is 439. The first-order valence-electron chi connectivity index (χ1n) is 4.35. The summed E-state index contributed by atoms with van der Waals surface area (Å²) in [6.07, 6.45) is 1.67. The number of primary amides is 1. The van der Waals surface area contributed by atoms with Gasteiger partial charge in [-0.15, -0.1) is 0 Å². The molecule has 16 heavy (non-hydrogen) atoms. The summed E-state index contributed by atoms with van der Waals surface area (Å²) in [6, 6.07) is 3.76. The van der Waals surface area contributed by atoms with Crippen LogP contribution in [0.3, 0.4) is 0 Å². The van der Waals surface area contributed by atoms with Gasteiger partial charge in [0.1, 0.15) is 0 Å². The van der Waals surface area contributed by atoms with Crippen molar-refractivity contribution < 1.29 is 14.3 Å². The summed E-state index contributed by atoms with van der Waals surface area (Å²) in [5.41, 5.74) is 5.36. The summed E-state index contributed by atoms with van der Waals surface area (Å²) < 4.78 is 10.1. The molecule has 0 aliphatic heterocycles. The van der Waals surface area contributed by atoms with E-state index in [9.17, 15) is 4.79 Å². The van der Waals surface area contributed by atoms with E-state index in [-0.39, 0.29) is 0 Å². The molecule has 1 aromatic carbocycles. The van der Waals surface area contributed by atoms with Crippen molar-refractivity contribution in [2.24, 2.45) is 5.73 Å². The molecule has 1 rings (SSSR count). The van der Waals surface area contributed by atoms with E-state index in [2.05, 4.69) is 0 Å². The number of carbonyl (C=O) groups excluding carboxylic acids is 1. The molecule has 0 unspecified atom stereocenters. The van der Waals surface area contributed by atoms with Gasteiger partial charge < -0.3 is 15.2 Å². The number of hydrogen-bond donors (Lipinski definition) is 1. The van der Waals surface area contributed by atoms with Crippen LogP contribution in [0.1, 0.15) is 0 Å². The van der Waals surface area contributed by atoms with Crippen molar-refractivity contribution in [1.82, 2.24) is 0 Å². The van der Waals surface area contributed by atoms with E-state index in [1.807, 2.05) is 0 Å². The minimum Gasteiger partial charge on any atom is -0.493 e. The Balaban J connectivity index is 3.17. The number of rotatable bonds is 3. The van der Waals surface area contributed by atoms with E-state index in [1.54, 1.807) is 12.3 Å². The first-order chi connectivity index (χ1) is 7.63. The highest BCUT2D eigenvalue weighted by Gasteiger charge is 2.14. The quantitative estimate of drug-likeness (QED) is 0.610. The summed E-state index contributed by atoms with van der Waals surface area (Å²) in [5, 5.41) is 8.74. The molecule has 2 N–H and O–H groups in total. The van der Waals surface area contributed by atoms with Crippen LogP contribution in [0.25, 0.3) is 0 Å². The van der Waals surface area contributed by atoms with E-state index in [0.717, 1.165) is 4.90 Å². The second-order valence-electron chi connectivity index (χ2n) is 2.81. The number of nitriles is 1. The van der Waals surface area contributed by atoms with Crippen LogP contribution >= 0.6 is 0 Å². The lowest BCUT2D eigenvalue weighted by Crippen LogP contribution is -2.31. The maximum atomic E-state index is 10.9. The molecule has 1 aromatic rings. The van der Waals surface area contributed by atoms with Gasteiger partial charge in [0.25, 0.3) is 0 Å². The molecule has 0 aliphatic carbocycles. The Hall–Kier alpha value is -2.42. The van der Waals surface area contributed by atoms with E-state index in [4.69, 9.17) is 20.5 Å². The molecule has 0 spiro atoms. The second kappa shape index (κ2) is 4.89. The number of carbonyl (C=O) groups is 1. The van der Waals surface area contributed by atoms with Gasteiger partial charge in [-0.1, -0.05) is 0 Å². The first kappa shape index (κ1) is 11.7. The molecular formula is C10H11N3O3. The van der Waals surface area contributed by atoms with E-state index in [0.29, 0.717) is 17.2 Å². The average molecular weight is 221 g/mol. The molecule has 0 saturated heterocycles. The Kier molecular flexibility index (Phi) is 3.56. The monoisotopic (exact) mass is 221 g/mol. The van der Waals surface area contributed by atoms with Gasteiger partial charge in [0.05, 0.1) is 19.9 Å².